The van der Waals surface area contributed by atoms with Gasteiger partial charge in [-0.2, -0.15) is 5.10 Å². The molecule has 5 heteroatoms. The van der Waals surface area contributed by atoms with Crippen molar-refractivity contribution in [3.8, 4) is 0 Å². The molecule has 1 atom stereocenters. The number of hydrogen-bond acceptors (Lipinski definition) is 4. The third kappa shape index (κ3) is 4.93. The second-order valence-corrected chi connectivity index (χ2v) is 5.64. The smallest absolute Gasteiger partial charge is 0.0594 e. The van der Waals surface area contributed by atoms with Crippen molar-refractivity contribution in [2.24, 2.45) is 5.92 Å². The lowest BCUT2D eigenvalue weighted by Crippen LogP contribution is -2.48. The Morgan fingerprint density at radius 1 is 1.42 bits per heavy atom. The zero-order chi connectivity index (χ0) is 13.5. The number of rotatable bonds is 7. The molecule has 0 aromatic carbocycles. The summed E-state index contributed by atoms with van der Waals surface area (Å²) in [6.07, 6.45) is 3.03. The van der Waals surface area contributed by atoms with Gasteiger partial charge >= 0.3 is 0 Å². The van der Waals surface area contributed by atoms with Crippen LogP contribution in [-0.4, -0.2) is 54.0 Å². The molecular weight excluding hydrogens is 240 g/mol. The average Bonchev–Trinajstić information content (AvgIpc) is 2.91. The fourth-order valence-corrected chi connectivity index (χ4v) is 2.60. The van der Waals surface area contributed by atoms with Gasteiger partial charge in [0.1, 0.15) is 0 Å². The summed E-state index contributed by atoms with van der Waals surface area (Å²) < 4.78 is 5.44. The minimum absolute atomic E-state index is 0.604. The van der Waals surface area contributed by atoms with E-state index in [2.05, 4.69) is 34.3 Å². The van der Waals surface area contributed by atoms with Crippen molar-refractivity contribution in [1.29, 1.82) is 0 Å². The molecule has 0 bridgehead atoms. The van der Waals surface area contributed by atoms with Gasteiger partial charge in [-0.3, -0.25) is 10.00 Å². The van der Waals surface area contributed by atoms with Crippen molar-refractivity contribution in [1.82, 2.24) is 20.4 Å². The molecule has 0 radical (unpaired) electrons. The van der Waals surface area contributed by atoms with Gasteiger partial charge < -0.3 is 10.1 Å². The average molecular weight is 266 g/mol. The molecule has 2 rings (SSSR count). The number of nitrogens with one attached hydrogen (secondary N) is 2. The van der Waals surface area contributed by atoms with Crippen LogP contribution in [0.5, 0.6) is 0 Å². The van der Waals surface area contributed by atoms with Crippen molar-refractivity contribution in [3.63, 3.8) is 0 Å². The maximum Gasteiger partial charge on any atom is 0.0594 e. The lowest BCUT2D eigenvalue weighted by Gasteiger charge is -2.35. The molecule has 19 heavy (non-hydrogen) atoms. The van der Waals surface area contributed by atoms with Crippen molar-refractivity contribution >= 4 is 0 Å². The number of hydrogen-bond donors (Lipinski definition) is 2. The van der Waals surface area contributed by atoms with E-state index in [4.69, 9.17) is 4.74 Å². The lowest BCUT2D eigenvalue weighted by atomic mass is 10.0. The first-order chi connectivity index (χ1) is 9.25. The summed E-state index contributed by atoms with van der Waals surface area (Å²) >= 11 is 0. The molecule has 2 N–H and O–H groups in total. The van der Waals surface area contributed by atoms with E-state index in [-0.39, 0.29) is 0 Å². The highest BCUT2D eigenvalue weighted by Gasteiger charge is 2.21. The molecule has 1 aromatic heterocycles. The lowest BCUT2D eigenvalue weighted by molar-refractivity contribution is 0.0123. The topological polar surface area (TPSA) is 53.2 Å². The van der Waals surface area contributed by atoms with E-state index in [0.717, 1.165) is 51.0 Å². The summed E-state index contributed by atoms with van der Waals surface area (Å²) in [4.78, 5) is 2.56. The number of morpholine rings is 1. The highest BCUT2D eigenvalue weighted by atomic mass is 16.5. The van der Waals surface area contributed by atoms with E-state index in [1.165, 1.54) is 6.42 Å². The minimum Gasteiger partial charge on any atom is -0.379 e. The molecule has 0 spiro atoms. The van der Waals surface area contributed by atoms with E-state index in [0.29, 0.717) is 6.04 Å². The monoisotopic (exact) mass is 266 g/mol. The summed E-state index contributed by atoms with van der Waals surface area (Å²) in [7, 11) is 0. The van der Waals surface area contributed by atoms with Crippen LogP contribution in [0.25, 0.3) is 0 Å². The first-order valence-electron chi connectivity index (χ1n) is 7.26. The predicted octanol–water partition coefficient (Wildman–Crippen LogP) is 1.25. The Kier molecular flexibility index (Phi) is 5.82. The van der Waals surface area contributed by atoms with Crippen molar-refractivity contribution in [3.05, 3.63) is 18.0 Å². The standard InChI is InChI=1S/C14H26N4O/c1-12(2)9-14(18-5-7-19-8-6-18)11-15-10-13-3-4-16-17-13/h3-4,12,14-15H,5-11H2,1-2H3,(H,16,17). The van der Waals surface area contributed by atoms with Crippen LogP contribution in [-0.2, 0) is 11.3 Å². The molecule has 2 heterocycles. The van der Waals surface area contributed by atoms with E-state index < -0.39 is 0 Å². The molecule has 108 valence electrons. The number of aromatic nitrogens is 2. The Morgan fingerprint density at radius 3 is 2.84 bits per heavy atom. The minimum atomic E-state index is 0.604. The summed E-state index contributed by atoms with van der Waals surface area (Å²) in [5, 5.41) is 10.5. The first-order valence-corrected chi connectivity index (χ1v) is 7.26. The van der Waals surface area contributed by atoms with Gasteiger partial charge in [-0.1, -0.05) is 13.8 Å². The maximum absolute atomic E-state index is 5.44. The van der Waals surface area contributed by atoms with Gasteiger partial charge in [0.05, 0.1) is 13.2 Å². The zero-order valence-corrected chi connectivity index (χ0v) is 12.1. The molecule has 5 nitrogen and oxygen atoms in total. The second-order valence-electron chi connectivity index (χ2n) is 5.64. The highest BCUT2D eigenvalue weighted by Crippen LogP contribution is 2.13. The normalized spacial score (nSPS) is 18.9. The predicted molar refractivity (Wildman–Crippen MR) is 75.9 cm³/mol. The van der Waals surface area contributed by atoms with Gasteiger partial charge in [0.25, 0.3) is 0 Å². The Balaban J connectivity index is 1.79. The van der Waals surface area contributed by atoms with Gasteiger partial charge in [-0.05, 0) is 18.4 Å². The van der Waals surface area contributed by atoms with Crippen LogP contribution in [0.2, 0.25) is 0 Å². The van der Waals surface area contributed by atoms with Crippen LogP contribution in [0.1, 0.15) is 26.0 Å². The Morgan fingerprint density at radius 2 is 2.21 bits per heavy atom. The van der Waals surface area contributed by atoms with Crippen LogP contribution in [0.4, 0.5) is 0 Å². The van der Waals surface area contributed by atoms with Crippen LogP contribution >= 0.6 is 0 Å². The van der Waals surface area contributed by atoms with Crippen molar-refractivity contribution in [2.45, 2.75) is 32.9 Å². The Bertz CT molecular complexity index is 333. The zero-order valence-electron chi connectivity index (χ0n) is 12.1. The third-order valence-electron chi connectivity index (χ3n) is 3.56. The molecule has 0 amide bonds. The summed E-state index contributed by atoms with van der Waals surface area (Å²) in [6.45, 7) is 10.3. The molecule has 1 aliphatic heterocycles. The largest absolute Gasteiger partial charge is 0.379 e. The Labute approximate surface area is 115 Å². The molecule has 1 aliphatic rings. The second kappa shape index (κ2) is 7.62. The highest BCUT2D eigenvalue weighted by molar-refractivity contribution is 4.96. The van der Waals surface area contributed by atoms with Gasteiger partial charge in [0.15, 0.2) is 0 Å². The molecule has 1 saturated heterocycles. The van der Waals surface area contributed by atoms with Crippen LogP contribution in [0.3, 0.4) is 0 Å². The maximum atomic E-state index is 5.44. The van der Waals surface area contributed by atoms with Gasteiger partial charge in [-0.25, -0.2) is 0 Å². The van der Waals surface area contributed by atoms with E-state index >= 15 is 0 Å². The van der Waals surface area contributed by atoms with Crippen LogP contribution in [0, 0.1) is 5.92 Å². The van der Waals surface area contributed by atoms with E-state index in [1.807, 2.05) is 6.07 Å². The number of H-pyrrole nitrogens is 1. The molecule has 1 unspecified atom stereocenters. The first kappa shape index (κ1) is 14.5. The summed E-state index contributed by atoms with van der Waals surface area (Å²) in [5.74, 6) is 0.724. The third-order valence-corrected chi connectivity index (χ3v) is 3.56. The summed E-state index contributed by atoms with van der Waals surface area (Å²) in [6, 6.07) is 2.62. The molecule has 0 saturated carbocycles. The van der Waals surface area contributed by atoms with E-state index in [1.54, 1.807) is 6.20 Å². The number of ether oxygens (including phenoxy) is 1. The Hall–Kier alpha value is -0.910. The fourth-order valence-electron chi connectivity index (χ4n) is 2.60. The van der Waals surface area contributed by atoms with E-state index in [9.17, 15) is 0 Å². The molecule has 1 fully saturated rings. The number of aromatic amines is 1. The summed E-state index contributed by atoms with van der Waals surface area (Å²) in [5.41, 5.74) is 1.14. The quantitative estimate of drug-likeness (QED) is 0.780. The van der Waals surface area contributed by atoms with Crippen molar-refractivity contribution in [2.75, 3.05) is 32.8 Å². The van der Waals surface area contributed by atoms with Gasteiger partial charge in [-0.15, -0.1) is 0 Å². The van der Waals surface area contributed by atoms with Crippen LogP contribution in [0.15, 0.2) is 12.3 Å². The molecule has 0 aliphatic carbocycles. The van der Waals surface area contributed by atoms with Gasteiger partial charge in [0.2, 0.25) is 0 Å². The fraction of sp³-hybridized carbons (Fsp3) is 0.786. The molecule has 1 aromatic rings. The SMILES string of the molecule is CC(C)CC(CNCc1ccn[nH]1)N1CCOCC1. The van der Waals surface area contributed by atoms with Crippen molar-refractivity contribution < 1.29 is 4.74 Å². The van der Waals surface area contributed by atoms with Gasteiger partial charge in [0, 0.05) is 44.1 Å². The number of nitrogens with zero attached hydrogens (tertiary/aromatic N) is 2. The van der Waals surface area contributed by atoms with Crippen LogP contribution < -0.4 is 5.32 Å². The molecular formula is C14H26N4O.